The topological polar surface area (TPSA) is 107 Å². The van der Waals surface area contributed by atoms with Crippen molar-refractivity contribution in [3.05, 3.63) is 47.8 Å². The number of carbonyl (C=O) groups excluding carboxylic acids is 2. The Bertz CT molecular complexity index is 1040. The Morgan fingerprint density at radius 1 is 1.18 bits per heavy atom. The van der Waals surface area contributed by atoms with Crippen molar-refractivity contribution < 1.29 is 23.1 Å². The van der Waals surface area contributed by atoms with Crippen molar-refractivity contribution in [2.45, 2.75) is 20.0 Å². The van der Waals surface area contributed by atoms with E-state index in [0.717, 1.165) is 0 Å². The Labute approximate surface area is 160 Å². The van der Waals surface area contributed by atoms with E-state index >= 15 is 0 Å². The molecule has 0 bridgehead atoms. The highest BCUT2D eigenvalue weighted by Gasteiger charge is 2.24. The summed E-state index contributed by atoms with van der Waals surface area (Å²) in [5.41, 5.74) is 6.72. The fraction of sp³-hybridized carbons (Fsp3) is 0.200. The van der Waals surface area contributed by atoms with E-state index in [4.69, 9.17) is 14.9 Å². The summed E-state index contributed by atoms with van der Waals surface area (Å²) in [4.78, 5) is 23.9. The molecule has 4 N–H and O–H groups in total. The zero-order valence-electron chi connectivity index (χ0n) is 15.6. The number of fused-ring (bicyclic) bond motifs is 1. The van der Waals surface area contributed by atoms with E-state index in [1.165, 1.54) is 37.4 Å². The van der Waals surface area contributed by atoms with Crippen LogP contribution in [0.3, 0.4) is 0 Å². The third-order valence-electron chi connectivity index (χ3n) is 3.97. The van der Waals surface area contributed by atoms with Gasteiger partial charge in [-0.25, -0.2) is 9.18 Å². The molecular formula is C20H20FN3O4. The molecule has 0 unspecified atom stereocenters. The number of furan rings is 1. The van der Waals surface area contributed by atoms with Crippen LogP contribution in [-0.2, 0) is 0 Å². The number of carbonyl (C=O) groups is 2. The molecule has 1 aromatic heterocycles. The predicted octanol–water partition coefficient (Wildman–Crippen LogP) is 3.88. The number of amides is 3. The fourth-order valence-electron chi connectivity index (χ4n) is 2.86. The molecule has 1 heterocycles. The Balaban J connectivity index is 2.28. The van der Waals surface area contributed by atoms with Gasteiger partial charge in [0.15, 0.2) is 0 Å². The van der Waals surface area contributed by atoms with E-state index in [1.807, 2.05) is 13.8 Å². The van der Waals surface area contributed by atoms with Gasteiger partial charge in [-0.3, -0.25) is 4.79 Å². The van der Waals surface area contributed by atoms with E-state index in [0.29, 0.717) is 28.0 Å². The maximum absolute atomic E-state index is 13.3. The molecule has 3 amide bonds. The lowest BCUT2D eigenvalue weighted by molar-refractivity contribution is 0.0964. The lowest BCUT2D eigenvalue weighted by Gasteiger charge is -2.14. The average molecular weight is 385 g/mol. The highest BCUT2D eigenvalue weighted by atomic mass is 19.1. The summed E-state index contributed by atoms with van der Waals surface area (Å²) in [6, 6.07) is 8.00. The van der Waals surface area contributed by atoms with Crippen molar-refractivity contribution >= 4 is 28.6 Å². The SMILES string of the molecule is CNC(=O)c1c(-c2ccc(F)cc2)oc2cc(NC(N)=O)c(OC(C)C)cc12. The number of nitrogens with two attached hydrogens (primary N) is 1. The molecule has 3 rings (SSSR count). The van der Waals surface area contributed by atoms with Crippen LogP contribution in [0.4, 0.5) is 14.9 Å². The van der Waals surface area contributed by atoms with Crippen molar-refractivity contribution in [2.75, 3.05) is 12.4 Å². The molecule has 0 saturated carbocycles. The second kappa shape index (κ2) is 7.59. The molecule has 28 heavy (non-hydrogen) atoms. The van der Waals surface area contributed by atoms with Crippen molar-refractivity contribution in [1.82, 2.24) is 5.32 Å². The number of urea groups is 1. The standard InChI is InChI=1S/C20H20FN3O4/c1-10(2)27-16-8-13-15(9-14(16)24-20(22)26)28-18(17(13)19(25)23-3)11-4-6-12(21)7-5-11/h4-10H,1-3H3,(H,23,25)(H3,22,24,26). The van der Waals surface area contributed by atoms with Gasteiger partial charge in [0.25, 0.3) is 5.91 Å². The first-order valence-electron chi connectivity index (χ1n) is 8.61. The highest BCUT2D eigenvalue weighted by molar-refractivity contribution is 6.12. The minimum absolute atomic E-state index is 0.183. The van der Waals surface area contributed by atoms with Crippen LogP contribution in [0.2, 0.25) is 0 Å². The first-order valence-corrected chi connectivity index (χ1v) is 8.61. The molecule has 7 nitrogen and oxygen atoms in total. The molecule has 0 aliphatic rings. The number of halogens is 1. The first kappa shape index (κ1) is 19.2. The number of primary amides is 1. The summed E-state index contributed by atoms with van der Waals surface area (Å²) >= 11 is 0. The summed E-state index contributed by atoms with van der Waals surface area (Å²) in [6.07, 6.45) is -0.183. The van der Waals surface area contributed by atoms with E-state index in [9.17, 15) is 14.0 Å². The Morgan fingerprint density at radius 3 is 2.43 bits per heavy atom. The van der Waals surface area contributed by atoms with Gasteiger partial charge in [0.1, 0.15) is 22.9 Å². The summed E-state index contributed by atoms with van der Waals surface area (Å²) in [7, 11) is 1.50. The smallest absolute Gasteiger partial charge is 0.316 e. The van der Waals surface area contributed by atoms with Gasteiger partial charge in [-0.1, -0.05) is 0 Å². The molecule has 8 heteroatoms. The van der Waals surface area contributed by atoms with Crippen LogP contribution < -0.4 is 21.1 Å². The molecule has 0 saturated heterocycles. The lowest BCUT2D eigenvalue weighted by atomic mass is 10.0. The van der Waals surface area contributed by atoms with Gasteiger partial charge in [0, 0.05) is 24.1 Å². The normalized spacial score (nSPS) is 10.9. The number of hydrogen-bond donors (Lipinski definition) is 3. The van der Waals surface area contributed by atoms with Gasteiger partial charge in [-0.05, 0) is 44.2 Å². The number of nitrogens with one attached hydrogen (secondary N) is 2. The maximum Gasteiger partial charge on any atom is 0.316 e. The van der Waals surface area contributed by atoms with E-state index in [-0.39, 0.29) is 23.3 Å². The van der Waals surface area contributed by atoms with Gasteiger partial charge < -0.3 is 25.5 Å². The van der Waals surface area contributed by atoms with Crippen LogP contribution in [0.25, 0.3) is 22.3 Å². The predicted molar refractivity (Wildman–Crippen MR) is 104 cm³/mol. The molecule has 0 aliphatic heterocycles. The van der Waals surface area contributed by atoms with Crippen LogP contribution in [0.1, 0.15) is 24.2 Å². The average Bonchev–Trinajstić information content (AvgIpc) is 2.99. The van der Waals surface area contributed by atoms with Crippen LogP contribution in [0.5, 0.6) is 5.75 Å². The van der Waals surface area contributed by atoms with Crippen molar-refractivity contribution in [1.29, 1.82) is 0 Å². The molecule has 0 aliphatic carbocycles. The summed E-state index contributed by atoms with van der Waals surface area (Å²) < 4.78 is 25.0. The molecule has 3 aromatic rings. The third kappa shape index (κ3) is 3.75. The molecule has 0 radical (unpaired) electrons. The highest BCUT2D eigenvalue weighted by Crippen LogP contribution is 2.39. The molecule has 0 spiro atoms. The first-order chi connectivity index (χ1) is 13.3. The van der Waals surface area contributed by atoms with Gasteiger partial charge in [-0.2, -0.15) is 0 Å². The Kier molecular flexibility index (Phi) is 5.21. The Hall–Kier alpha value is -3.55. The largest absolute Gasteiger partial charge is 0.489 e. The molecule has 2 aromatic carbocycles. The van der Waals surface area contributed by atoms with Crippen molar-refractivity contribution in [3.63, 3.8) is 0 Å². The zero-order chi connectivity index (χ0) is 20.4. The molecular weight excluding hydrogens is 365 g/mol. The van der Waals surface area contributed by atoms with Gasteiger partial charge >= 0.3 is 6.03 Å². The number of rotatable bonds is 5. The fourth-order valence-corrected chi connectivity index (χ4v) is 2.86. The summed E-state index contributed by atoms with van der Waals surface area (Å²) in [6.45, 7) is 3.66. The number of benzene rings is 2. The molecule has 146 valence electrons. The minimum atomic E-state index is -0.759. The van der Waals surface area contributed by atoms with E-state index in [2.05, 4.69) is 10.6 Å². The monoisotopic (exact) mass is 385 g/mol. The summed E-state index contributed by atoms with van der Waals surface area (Å²) in [5.74, 6) is -0.148. The van der Waals surface area contributed by atoms with E-state index in [1.54, 1.807) is 6.07 Å². The number of hydrogen-bond acceptors (Lipinski definition) is 4. The van der Waals surface area contributed by atoms with Crippen LogP contribution in [0, 0.1) is 5.82 Å². The van der Waals surface area contributed by atoms with Gasteiger partial charge in [0.05, 0.1) is 17.4 Å². The second-order valence-corrected chi connectivity index (χ2v) is 6.39. The summed E-state index contributed by atoms with van der Waals surface area (Å²) in [5, 5.41) is 5.57. The van der Waals surface area contributed by atoms with Crippen LogP contribution in [0.15, 0.2) is 40.8 Å². The quantitative estimate of drug-likeness (QED) is 0.620. The van der Waals surface area contributed by atoms with Crippen molar-refractivity contribution in [3.8, 4) is 17.1 Å². The number of ether oxygens (including phenoxy) is 1. The minimum Gasteiger partial charge on any atom is -0.489 e. The second-order valence-electron chi connectivity index (χ2n) is 6.39. The van der Waals surface area contributed by atoms with Gasteiger partial charge in [0.2, 0.25) is 0 Å². The Morgan fingerprint density at radius 2 is 1.86 bits per heavy atom. The maximum atomic E-state index is 13.3. The zero-order valence-corrected chi connectivity index (χ0v) is 15.6. The lowest BCUT2D eigenvalue weighted by Crippen LogP contribution is -2.20. The van der Waals surface area contributed by atoms with Gasteiger partial charge in [-0.15, -0.1) is 0 Å². The molecule has 0 atom stereocenters. The number of anilines is 1. The van der Waals surface area contributed by atoms with Crippen molar-refractivity contribution in [2.24, 2.45) is 5.73 Å². The van der Waals surface area contributed by atoms with Crippen LogP contribution >= 0.6 is 0 Å². The van der Waals surface area contributed by atoms with E-state index < -0.39 is 11.8 Å². The van der Waals surface area contributed by atoms with Crippen LogP contribution in [-0.4, -0.2) is 25.1 Å². The third-order valence-corrected chi connectivity index (χ3v) is 3.97. The molecule has 0 fully saturated rings.